The molecule has 0 aliphatic rings. The molecule has 0 bridgehead atoms. The van der Waals surface area contributed by atoms with Crippen molar-refractivity contribution in [3.05, 3.63) is 34.4 Å². The molecule has 1 aromatic heterocycles. The van der Waals surface area contributed by atoms with E-state index in [1.54, 1.807) is 0 Å². The van der Waals surface area contributed by atoms with Crippen LogP contribution in [0.2, 0.25) is 0 Å². The van der Waals surface area contributed by atoms with E-state index in [1.165, 1.54) is 0 Å². The van der Waals surface area contributed by atoms with Crippen molar-refractivity contribution in [3.63, 3.8) is 0 Å². The quantitative estimate of drug-likeness (QED) is 0.870. The highest BCUT2D eigenvalue weighted by Gasteiger charge is 2.14. The van der Waals surface area contributed by atoms with E-state index in [1.807, 2.05) is 28.9 Å². The highest BCUT2D eigenvalue weighted by molar-refractivity contribution is 9.10. The highest BCUT2D eigenvalue weighted by Crippen LogP contribution is 2.24. The maximum atomic E-state index is 9.10. The maximum Gasteiger partial charge on any atom is 0.190 e. The van der Waals surface area contributed by atoms with Gasteiger partial charge in [0.2, 0.25) is 0 Å². The Morgan fingerprint density at radius 3 is 2.67 bits per heavy atom. The van der Waals surface area contributed by atoms with Crippen molar-refractivity contribution in [1.82, 2.24) is 15.0 Å². The van der Waals surface area contributed by atoms with Crippen LogP contribution in [0.4, 0.5) is 0 Å². The number of nitriles is 1. The van der Waals surface area contributed by atoms with Gasteiger partial charge in [-0.15, -0.1) is 5.10 Å². The molecular formula is C13H13BrN4. The number of hydrogen-bond acceptors (Lipinski definition) is 3. The van der Waals surface area contributed by atoms with Crippen molar-refractivity contribution in [2.24, 2.45) is 0 Å². The summed E-state index contributed by atoms with van der Waals surface area (Å²) in [6.45, 7) is 2.91. The van der Waals surface area contributed by atoms with Crippen LogP contribution in [-0.4, -0.2) is 15.0 Å². The van der Waals surface area contributed by atoms with Gasteiger partial charge in [-0.2, -0.15) is 5.26 Å². The van der Waals surface area contributed by atoms with Crippen molar-refractivity contribution in [2.75, 3.05) is 0 Å². The molecule has 2 aromatic rings. The third-order valence-electron chi connectivity index (χ3n) is 2.68. The summed E-state index contributed by atoms with van der Waals surface area (Å²) in [4.78, 5) is 0. The van der Waals surface area contributed by atoms with E-state index in [2.05, 4.69) is 39.2 Å². The van der Waals surface area contributed by atoms with Gasteiger partial charge in [-0.05, 0) is 18.6 Å². The van der Waals surface area contributed by atoms with Crippen molar-refractivity contribution >= 4 is 15.9 Å². The molecule has 0 N–H and O–H groups in total. The lowest BCUT2D eigenvalue weighted by molar-refractivity contribution is 0.557. The Morgan fingerprint density at radius 1 is 1.33 bits per heavy atom. The second kappa shape index (κ2) is 5.78. The summed E-state index contributed by atoms with van der Waals surface area (Å²) < 4.78 is 2.82. The Labute approximate surface area is 114 Å². The number of nitrogens with zero attached hydrogens (tertiary/aromatic N) is 4. The molecule has 0 radical (unpaired) electrons. The van der Waals surface area contributed by atoms with Crippen LogP contribution in [0.25, 0.3) is 11.3 Å². The van der Waals surface area contributed by atoms with Crippen molar-refractivity contribution in [1.29, 1.82) is 5.26 Å². The predicted molar refractivity (Wildman–Crippen MR) is 72.8 cm³/mol. The highest BCUT2D eigenvalue weighted by atomic mass is 79.9. The Bertz CT molecular complexity index is 566. The molecule has 0 saturated heterocycles. The standard InChI is InChI=1S/C13H13BrN4/c1-2-3-8-18-13(12(9-15)16-17-18)10-4-6-11(14)7-5-10/h4-7H,2-3,8H2,1H3. The number of halogens is 1. The fourth-order valence-electron chi connectivity index (χ4n) is 1.75. The monoisotopic (exact) mass is 304 g/mol. The first-order valence-electron chi connectivity index (χ1n) is 5.85. The van der Waals surface area contributed by atoms with Gasteiger partial charge in [0.25, 0.3) is 0 Å². The molecule has 1 aromatic carbocycles. The van der Waals surface area contributed by atoms with E-state index in [0.717, 1.165) is 35.1 Å². The average Bonchev–Trinajstić information content (AvgIpc) is 2.80. The number of hydrogen-bond donors (Lipinski definition) is 0. The third-order valence-corrected chi connectivity index (χ3v) is 3.21. The second-order valence-corrected chi connectivity index (χ2v) is 4.90. The molecule has 0 aliphatic heterocycles. The van der Waals surface area contributed by atoms with Gasteiger partial charge >= 0.3 is 0 Å². The van der Waals surface area contributed by atoms with Crippen molar-refractivity contribution in [2.45, 2.75) is 26.3 Å². The van der Waals surface area contributed by atoms with Crippen LogP contribution in [0.3, 0.4) is 0 Å². The normalized spacial score (nSPS) is 10.3. The number of benzene rings is 1. The van der Waals surface area contributed by atoms with Crippen LogP contribution in [0, 0.1) is 11.3 Å². The summed E-state index contributed by atoms with van der Waals surface area (Å²) in [5.41, 5.74) is 2.16. The lowest BCUT2D eigenvalue weighted by atomic mass is 10.1. The molecule has 0 unspecified atom stereocenters. The molecular weight excluding hydrogens is 292 g/mol. The van der Waals surface area contributed by atoms with E-state index in [9.17, 15) is 0 Å². The van der Waals surface area contributed by atoms with Gasteiger partial charge in [0.15, 0.2) is 5.69 Å². The fourth-order valence-corrected chi connectivity index (χ4v) is 2.01. The Kier molecular flexibility index (Phi) is 4.11. The Morgan fingerprint density at radius 2 is 2.06 bits per heavy atom. The van der Waals surface area contributed by atoms with E-state index >= 15 is 0 Å². The molecule has 0 spiro atoms. The Balaban J connectivity index is 2.44. The first-order valence-corrected chi connectivity index (χ1v) is 6.65. The summed E-state index contributed by atoms with van der Waals surface area (Å²) in [6.07, 6.45) is 2.11. The van der Waals surface area contributed by atoms with E-state index in [0.29, 0.717) is 5.69 Å². The zero-order chi connectivity index (χ0) is 13.0. The minimum absolute atomic E-state index is 0.383. The smallest absolute Gasteiger partial charge is 0.190 e. The zero-order valence-corrected chi connectivity index (χ0v) is 11.7. The molecule has 18 heavy (non-hydrogen) atoms. The Hall–Kier alpha value is -1.67. The van der Waals surface area contributed by atoms with Crippen LogP contribution in [0.15, 0.2) is 28.7 Å². The SMILES string of the molecule is CCCCn1nnc(C#N)c1-c1ccc(Br)cc1. The fraction of sp³-hybridized carbons (Fsp3) is 0.308. The zero-order valence-electron chi connectivity index (χ0n) is 10.1. The van der Waals surface area contributed by atoms with E-state index in [-0.39, 0.29) is 0 Å². The predicted octanol–water partition coefficient (Wildman–Crippen LogP) is 3.38. The van der Waals surface area contributed by atoms with Crippen LogP contribution < -0.4 is 0 Å². The summed E-state index contributed by atoms with van der Waals surface area (Å²) in [6, 6.07) is 9.93. The molecule has 0 saturated carbocycles. The second-order valence-electron chi connectivity index (χ2n) is 3.98. The summed E-state index contributed by atoms with van der Waals surface area (Å²) in [5.74, 6) is 0. The molecule has 92 valence electrons. The third kappa shape index (κ3) is 2.59. The molecule has 4 nitrogen and oxygen atoms in total. The van der Waals surface area contributed by atoms with Gasteiger partial charge < -0.3 is 0 Å². The number of aryl methyl sites for hydroxylation is 1. The number of aromatic nitrogens is 3. The average molecular weight is 305 g/mol. The first-order chi connectivity index (χ1) is 8.76. The molecule has 2 rings (SSSR count). The van der Waals surface area contributed by atoms with E-state index < -0.39 is 0 Å². The summed E-state index contributed by atoms with van der Waals surface area (Å²) in [7, 11) is 0. The van der Waals surface area contributed by atoms with Crippen LogP contribution in [-0.2, 0) is 6.54 Å². The maximum absolute atomic E-state index is 9.10. The van der Waals surface area contributed by atoms with Gasteiger partial charge in [-0.25, -0.2) is 4.68 Å². The molecule has 0 fully saturated rings. The minimum Gasteiger partial charge on any atom is -0.243 e. The largest absolute Gasteiger partial charge is 0.243 e. The van der Waals surface area contributed by atoms with Gasteiger partial charge in [0, 0.05) is 16.6 Å². The van der Waals surface area contributed by atoms with E-state index in [4.69, 9.17) is 5.26 Å². The molecule has 0 atom stereocenters. The topological polar surface area (TPSA) is 54.5 Å². The van der Waals surface area contributed by atoms with Crippen LogP contribution in [0.5, 0.6) is 0 Å². The van der Waals surface area contributed by atoms with Crippen LogP contribution in [0.1, 0.15) is 25.5 Å². The number of rotatable bonds is 4. The lowest BCUT2D eigenvalue weighted by Gasteiger charge is -2.06. The van der Waals surface area contributed by atoms with Gasteiger partial charge in [0.05, 0.1) is 0 Å². The summed E-state index contributed by atoms with van der Waals surface area (Å²) in [5, 5.41) is 17.1. The van der Waals surface area contributed by atoms with Crippen molar-refractivity contribution < 1.29 is 0 Å². The molecule has 5 heteroatoms. The van der Waals surface area contributed by atoms with Crippen molar-refractivity contribution in [3.8, 4) is 17.3 Å². The summed E-state index contributed by atoms with van der Waals surface area (Å²) >= 11 is 3.40. The first kappa shape index (κ1) is 12.8. The molecule has 1 heterocycles. The number of unbranched alkanes of at least 4 members (excludes halogenated alkanes) is 1. The minimum atomic E-state index is 0.383. The molecule has 0 amide bonds. The van der Waals surface area contributed by atoms with Gasteiger partial charge in [-0.1, -0.05) is 46.6 Å². The van der Waals surface area contributed by atoms with Gasteiger partial charge in [0.1, 0.15) is 11.8 Å². The van der Waals surface area contributed by atoms with Gasteiger partial charge in [-0.3, -0.25) is 0 Å². The molecule has 0 aliphatic carbocycles. The van der Waals surface area contributed by atoms with Crippen LogP contribution >= 0.6 is 15.9 Å². The lowest BCUT2D eigenvalue weighted by Crippen LogP contribution is -2.02.